The SMILES string of the molecule is O=C(C=P(c1ccccc1)(c1ccccc1)c1ccccc1)c1ccc(-c2cc3ccccc3s2)cc1. The molecule has 0 spiro atoms. The predicted octanol–water partition coefficient (Wildman–Crippen LogP) is 7.55. The van der Waals surface area contributed by atoms with Gasteiger partial charge in [0.05, 0.1) is 0 Å². The van der Waals surface area contributed by atoms with E-state index < -0.39 is 6.89 Å². The van der Waals surface area contributed by atoms with Gasteiger partial charge in [0.25, 0.3) is 0 Å². The lowest BCUT2D eigenvalue weighted by molar-refractivity contribution is 0.107. The summed E-state index contributed by atoms with van der Waals surface area (Å²) in [5.74, 6) is 2.05. The molecule has 0 fully saturated rings. The molecule has 37 heavy (non-hydrogen) atoms. The Morgan fingerprint density at radius 2 is 1.05 bits per heavy atom. The van der Waals surface area contributed by atoms with Gasteiger partial charge < -0.3 is 0 Å². The first-order valence-electron chi connectivity index (χ1n) is 12.3. The van der Waals surface area contributed by atoms with Crippen LogP contribution in [0.2, 0.25) is 0 Å². The average Bonchev–Trinajstić information content (AvgIpc) is 3.42. The van der Waals surface area contributed by atoms with Gasteiger partial charge >= 0.3 is 0 Å². The van der Waals surface area contributed by atoms with Crippen molar-refractivity contribution in [2.45, 2.75) is 0 Å². The maximum atomic E-state index is 13.9. The topological polar surface area (TPSA) is 17.1 Å². The van der Waals surface area contributed by atoms with Crippen molar-refractivity contribution >= 4 is 55.8 Å². The normalized spacial score (nSPS) is 11.4. The van der Waals surface area contributed by atoms with Crippen LogP contribution >= 0.6 is 18.2 Å². The fraction of sp³-hybridized carbons (Fsp3) is 0. The van der Waals surface area contributed by atoms with Crippen LogP contribution in [-0.4, -0.2) is 11.6 Å². The van der Waals surface area contributed by atoms with E-state index >= 15 is 0 Å². The van der Waals surface area contributed by atoms with Crippen LogP contribution in [0.15, 0.2) is 146 Å². The molecule has 6 rings (SSSR count). The molecule has 0 atom stereocenters. The Morgan fingerprint density at radius 1 is 0.568 bits per heavy atom. The summed E-state index contributed by atoms with van der Waals surface area (Å²) in [6, 6.07) is 50.1. The third kappa shape index (κ3) is 4.51. The smallest absolute Gasteiger partial charge is 0.186 e. The summed E-state index contributed by atoms with van der Waals surface area (Å²) in [7, 11) is 0. The zero-order chi connectivity index (χ0) is 25.1. The van der Waals surface area contributed by atoms with Crippen molar-refractivity contribution in [3.05, 3.63) is 151 Å². The number of fused-ring (bicyclic) bond motifs is 1. The number of carbonyl (C=O) groups is 1. The Kier molecular flexibility index (Phi) is 6.45. The van der Waals surface area contributed by atoms with Gasteiger partial charge in [-0.2, -0.15) is 0 Å². The van der Waals surface area contributed by atoms with Gasteiger partial charge in [-0.15, -0.1) is 11.3 Å². The van der Waals surface area contributed by atoms with Crippen molar-refractivity contribution < 1.29 is 4.79 Å². The molecule has 0 aliphatic heterocycles. The van der Waals surface area contributed by atoms with Gasteiger partial charge in [-0.25, -0.2) is 0 Å². The average molecular weight is 513 g/mol. The zero-order valence-corrected chi connectivity index (χ0v) is 21.9. The Hall–Kier alpha value is -3.97. The number of hydrogen-bond acceptors (Lipinski definition) is 2. The summed E-state index contributed by atoms with van der Waals surface area (Å²) in [6.45, 7) is -2.34. The molecule has 5 aromatic carbocycles. The van der Waals surface area contributed by atoms with Crippen LogP contribution in [0.1, 0.15) is 10.4 Å². The summed E-state index contributed by atoms with van der Waals surface area (Å²) >= 11 is 1.78. The van der Waals surface area contributed by atoms with Gasteiger partial charge in [0, 0.05) is 15.1 Å². The lowest BCUT2D eigenvalue weighted by atomic mass is 10.1. The minimum atomic E-state index is -2.34. The van der Waals surface area contributed by atoms with Crippen LogP contribution in [-0.2, 0) is 0 Å². The maximum Gasteiger partial charge on any atom is 0.186 e. The monoisotopic (exact) mass is 512 g/mol. The first kappa shape index (κ1) is 23.4. The number of Topliss-reactive ketones (excluding diaryl/α,β-unsaturated/α-hetero) is 1. The van der Waals surface area contributed by atoms with Crippen LogP contribution < -0.4 is 15.9 Å². The summed E-state index contributed by atoms with van der Waals surface area (Å²) in [6.07, 6.45) is 0. The van der Waals surface area contributed by atoms with E-state index in [4.69, 9.17) is 0 Å². The highest BCUT2D eigenvalue weighted by Crippen LogP contribution is 2.44. The van der Waals surface area contributed by atoms with E-state index in [1.165, 1.54) is 30.9 Å². The second-order valence-electron chi connectivity index (χ2n) is 8.95. The number of thiophene rings is 1. The van der Waals surface area contributed by atoms with Crippen LogP contribution in [0.4, 0.5) is 0 Å². The lowest BCUT2D eigenvalue weighted by Crippen LogP contribution is -2.28. The highest BCUT2D eigenvalue weighted by Gasteiger charge is 2.26. The quantitative estimate of drug-likeness (QED) is 0.166. The molecule has 0 radical (unpaired) electrons. The first-order chi connectivity index (χ1) is 18.2. The van der Waals surface area contributed by atoms with Gasteiger partial charge in [-0.1, -0.05) is 133 Å². The van der Waals surface area contributed by atoms with E-state index in [-0.39, 0.29) is 5.78 Å². The fourth-order valence-corrected chi connectivity index (χ4v) is 9.67. The van der Waals surface area contributed by atoms with Gasteiger partial charge in [0.1, 0.15) is 0 Å². The largest absolute Gasteiger partial charge is 0.289 e. The van der Waals surface area contributed by atoms with Crippen molar-refractivity contribution in [1.29, 1.82) is 0 Å². The van der Waals surface area contributed by atoms with E-state index in [0.29, 0.717) is 5.56 Å². The number of rotatable bonds is 6. The van der Waals surface area contributed by atoms with Gasteiger partial charge in [-0.3, -0.25) is 4.79 Å². The molecule has 0 aliphatic rings. The Bertz CT molecular complexity index is 1580. The first-order valence-corrected chi connectivity index (χ1v) is 15.0. The maximum absolute atomic E-state index is 13.9. The minimum absolute atomic E-state index is 0.0489. The van der Waals surface area contributed by atoms with E-state index in [0.717, 1.165) is 5.56 Å². The minimum Gasteiger partial charge on any atom is -0.289 e. The van der Waals surface area contributed by atoms with E-state index in [9.17, 15) is 4.79 Å². The highest BCUT2D eigenvalue weighted by atomic mass is 32.1. The van der Waals surface area contributed by atoms with Crippen molar-refractivity contribution in [3.63, 3.8) is 0 Å². The van der Waals surface area contributed by atoms with Gasteiger partial charge in [0.15, 0.2) is 5.78 Å². The summed E-state index contributed by atoms with van der Waals surface area (Å²) < 4.78 is 1.27. The van der Waals surface area contributed by atoms with E-state index in [1.54, 1.807) is 11.3 Å². The van der Waals surface area contributed by atoms with Crippen LogP contribution in [0.3, 0.4) is 0 Å². The summed E-state index contributed by atoms with van der Waals surface area (Å²) in [4.78, 5) is 15.2. The third-order valence-corrected chi connectivity index (χ3v) is 11.8. The molecule has 0 bridgehead atoms. The predicted molar refractivity (Wildman–Crippen MR) is 163 cm³/mol. The fourth-order valence-electron chi connectivity index (χ4n) is 4.83. The molecule has 1 aromatic heterocycles. The molecular weight excluding hydrogens is 487 g/mol. The van der Waals surface area contributed by atoms with Gasteiger partial charge in [0.2, 0.25) is 0 Å². The third-order valence-electron chi connectivity index (χ3n) is 6.68. The number of ketones is 1. The highest BCUT2D eigenvalue weighted by molar-refractivity contribution is 7.95. The molecule has 0 N–H and O–H groups in total. The molecule has 3 heteroatoms. The van der Waals surface area contributed by atoms with Crippen LogP contribution in [0, 0.1) is 0 Å². The second kappa shape index (κ2) is 10.2. The molecular formula is C34H25OPS. The summed E-state index contributed by atoms with van der Waals surface area (Å²) in [5, 5.41) is 4.76. The molecule has 0 saturated heterocycles. The van der Waals surface area contributed by atoms with Crippen LogP contribution in [0.5, 0.6) is 0 Å². The van der Waals surface area contributed by atoms with E-state index in [2.05, 4.69) is 115 Å². The molecule has 6 aromatic rings. The molecule has 0 aliphatic carbocycles. The summed E-state index contributed by atoms with van der Waals surface area (Å²) in [5.41, 5.74) is 1.84. The number of benzene rings is 5. The Balaban J connectivity index is 1.48. The van der Waals surface area contributed by atoms with Crippen LogP contribution in [0.25, 0.3) is 20.5 Å². The van der Waals surface area contributed by atoms with Crippen molar-refractivity contribution in [2.75, 3.05) is 0 Å². The molecule has 0 saturated carbocycles. The van der Waals surface area contributed by atoms with Gasteiger partial charge in [-0.05, 0) is 51.7 Å². The van der Waals surface area contributed by atoms with Crippen molar-refractivity contribution in [2.24, 2.45) is 0 Å². The molecule has 1 heterocycles. The molecule has 0 unspecified atom stereocenters. The Labute approximate surface area is 221 Å². The zero-order valence-electron chi connectivity index (χ0n) is 20.2. The molecule has 1 nitrogen and oxygen atoms in total. The van der Waals surface area contributed by atoms with Crippen molar-refractivity contribution in [1.82, 2.24) is 0 Å². The van der Waals surface area contributed by atoms with Crippen molar-refractivity contribution in [3.8, 4) is 10.4 Å². The Morgan fingerprint density at radius 3 is 1.57 bits per heavy atom. The number of carbonyl (C=O) groups excluding carboxylic acids is 1. The van der Waals surface area contributed by atoms with E-state index in [1.807, 2.05) is 36.1 Å². The lowest BCUT2D eigenvalue weighted by Gasteiger charge is -2.28. The molecule has 0 amide bonds. The standard InChI is InChI=1S/C34H25OPS/c35-32(26-20-22-27(23-21-26)34-24-28-12-10-11-19-33(28)37-34)25-36(29-13-4-1-5-14-29,30-15-6-2-7-16-30)31-17-8-3-9-18-31/h1-25H. The second-order valence-corrected chi connectivity index (χ2v) is 13.3. The molecule has 178 valence electrons. The number of hydrogen-bond donors (Lipinski definition) is 0.